The second kappa shape index (κ2) is 8.82. The van der Waals surface area contributed by atoms with Gasteiger partial charge in [-0.05, 0) is 39.2 Å². The van der Waals surface area contributed by atoms with Crippen molar-refractivity contribution < 1.29 is 9.18 Å². The van der Waals surface area contributed by atoms with Gasteiger partial charge in [-0.25, -0.2) is 4.39 Å². The van der Waals surface area contributed by atoms with Crippen molar-refractivity contribution in [3.63, 3.8) is 0 Å². The summed E-state index contributed by atoms with van der Waals surface area (Å²) in [6.07, 6.45) is 1.43. The predicted molar refractivity (Wildman–Crippen MR) is 80.6 cm³/mol. The van der Waals surface area contributed by atoms with Crippen molar-refractivity contribution >= 4 is 5.78 Å². The molecule has 4 heteroatoms. The van der Waals surface area contributed by atoms with Crippen molar-refractivity contribution in [2.45, 2.75) is 19.8 Å². The number of rotatable bonds is 9. The number of carbonyl (C=O) groups excluding carboxylic acids is 1. The van der Waals surface area contributed by atoms with Crippen LogP contribution in [-0.4, -0.2) is 55.9 Å². The number of hydrogen-bond donors (Lipinski definition) is 0. The number of halogens is 1. The molecular formula is C16H25FN2O. The van der Waals surface area contributed by atoms with E-state index in [0.717, 1.165) is 26.1 Å². The molecule has 20 heavy (non-hydrogen) atoms. The number of likely N-dealkylation sites (N-methyl/N-ethyl adjacent to an activating group) is 1. The van der Waals surface area contributed by atoms with Crippen LogP contribution in [0.2, 0.25) is 0 Å². The third-order valence-electron chi connectivity index (χ3n) is 3.23. The van der Waals surface area contributed by atoms with E-state index in [4.69, 9.17) is 0 Å². The Hall–Kier alpha value is -1.26. The minimum atomic E-state index is -0.423. The van der Waals surface area contributed by atoms with Gasteiger partial charge < -0.3 is 9.80 Å². The van der Waals surface area contributed by atoms with Crippen molar-refractivity contribution in [3.05, 3.63) is 35.6 Å². The van der Waals surface area contributed by atoms with Gasteiger partial charge in [-0.15, -0.1) is 0 Å². The summed E-state index contributed by atoms with van der Waals surface area (Å²) in [5.74, 6) is -0.540. The molecule has 0 N–H and O–H groups in total. The molecule has 0 aliphatic carbocycles. The first kappa shape index (κ1) is 16.8. The van der Waals surface area contributed by atoms with E-state index < -0.39 is 5.82 Å². The minimum Gasteiger partial charge on any atom is -0.308 e. The molecule has 0 radical (unpaired) electrons. The molecule has 1 aromatic rings. The van der Waals surface area contributed by atoms with Gasteiger partial charge in [0.25, 0.3) is 0 Å². The van der Waals surface area contributed by atoms with E-state index in [1.54, 1.807) is 18.2 Å². The lowest BCUT2D eigenvalue weighted by Crippen LogP contribution is -2.34. The zero-order valence-corrected chi connectivity index (χ0v) is 12.7. The Balaban J connectivity index is 2.50. The van der Waals surface area contributed by atoms with Crippen LogP contribution in [0.15, 0.2) is 24.3 Å². The Morgan fingerprint density at radius 2 is 1.80 bits per heavy atom. The lowest BCUT2D eigenvalue weighted by atomic mass is 10.1. The number of carbonyl (C=O) groups is 1. The second-order valence-electron chi connectivity index (χ2n) is 5.30. The Bertz CT molecular complexity index is 421. The zero-order valence-electron chi connectivity index (χ0n) is 12.7. The van der Waals surface area contributed by atoms with Gasteiger partial charge in [-0.2, -0.15) is 0 Å². The first-order chi connectivity index (χ1) is 9.54. The van der Waals surface area contributed by atoms with E-state index in [1.807, 2.05) is 14.1 Å². The molecule has 0 spiro atoms. The summed E-state index contributed by atoms with van der Waals surface area (Å²) in [7, 11) is 4.07. The van der Waals surface area contributed by atoms with Crippen LogP contribution in [0.3, 0.4) is 0 Å². The zero-order chi connectivity index (χ0) is 15.0. The second-order valence-corrected chi connectivity index (χ2v) is 5.30. The van der Waals surface area contributed by atoms with Crippen molar-refractivity contribution in [2.75, 3.05) is 40.3 Å². The molecule has 3 nitrogen and oxygen atoms in total. The highest BCUT2D eigenvalue weighted by molar-refractivity contribution is 5.96. The fraction of sp³-hybridized carbons (Fsp3) is 0.562. The number of benzene rings is 1. The van der Waals surface area contributed by atoms with Crippen LogP contribution in [0.4, 0.5) is 4.39 Å². The van der Waals surface area contributed by atoms with Gasteiger partial charge in [-0.3, -0.25) is 4.79 Å². The van der Waals surface area contributed by atoms with Gasteiger partial charge in [0.05, 0.1) is 5.56 Å². The van der Waals surface area contributed by atoms with Crippen LogP contribution in [0.25, 0.3) is 0 Å². The Morgan fingerprint density at radius 1 is 1.10 bits per heavy atom. The average Bonchev–Trinajstić information content (AvgIpc) is 2.42. The summed E-state index contributed by atoms with van der Waals surface area (Å²) in [6.45, 7) is 5.69. The van der Waals surface area contributed by atoms with E-state index in [1.165, 1.54) is 6.07 Å². The Morgan fingerprint density at radius 3 is 2.40 bits per heavy atom. The van der Waals surface area contributed by atoms with Crippen molar-refractivity contribution in [3.8, 4) is 0 Å². The monoisotopic (exact) mass is 280 g/mol. The summed E-state index contributed by atoms with van der Waals surface area (Å²) >= 11 is 0. The third kappa shape index (κ3) is 5.80. The maximum atomic E-state index is 13.5. The predicted octanol–water partition coefficient (Wildman–Crippen LogP) is 2.67. The minimum absolute atomic E-state index is 0.117. The number of ketones is 1. The van der Waals surface area contributed by atoms with E-state index in [-0.39, 0.29) is 11.3 Å². The van der Waals surface area contributed by atoms with Crippen molar-refractivity contribution in [1.29, 1.82) is 0 Å². The van der Waals surface area contributed by atoms with Crippen LogP contribution in [-0.2, 0) is 0 Å². The molecule has 0 atom stereocenters. The molecule has 0 fully saturated rings. The fourth-order valence-corrected chi connectivity index (χ4v) is 2.07. The van der Waals surface area contributed by atoms with Crippen molar-refractivity contribution in [2.24, 2.45) is 0 Å². The molecular weight excluding hydrogens is 255 g/mol. The maximum absolute atomic E-state index is 13.5. The van der Waals surface area contributed by atoms with Gasteiger partial charge >= 0.3 is 0 Å². The normalized spacial score (nSPS) is 11.3. The SMILES string of the molecule is CCCN(CCC(=O)c1ccccc1F)CCN(C)C. The molecule has 0 saturated carbocycles. The summed E-state index contributed by atoms with van der Waals surface area (Å²) < 4.78 is 13.5. The van der Waals surface area contributed by atoms with Crippen LogP contribution in [0, 0.1) is 5.82 Å². The quantitative estimate of drug-likeness (QED) is 0.650. The van der Waals surface area contributed by atoms with Gasteiger partial charge in [-0.1, -0.05) is 19.1 Å². The highest BCUT2D eigenvalue weighted by Gasteiger charge is 2.13. The number of hydrogen-bond acceptors (Lipinski definition) is 3. The molecule has 0 aliphatic rings. The molecule has 1 aromatic carbocycles. The van der Waals surface area contributed by atoms with E-state index in [9.17, 15) is 9.18 Å². The summed E-state index contributed by atoms with van der Waals surface area (Å²) in [5, 5.41) is 0. The highest BCUT2D eigenvalue weighted by Crippen LogP contribution is 2.09. The standard InChI is InChI=1S/C16H25FN2O/c1-4-10-19(13-12-18(2)3)11-9-16(20)14-7-5-6-8-15(14)17/h5-8H,4,9-13H2,1-3H3. The topological polar surface area (TPSA) is 23.6 Å². The molecule has 112 valence electrons. The number of Topliss-reactive ketones (excluding diaryl/α,β-unsaturated/α-hetero) is 1. The van der Waals surface area contributed by atoms with E-state index in [0.29, 0.717) is 13.0 Å². The van der Waals surface area contributed by atoms with Crippen molar-refractivity contribution in [1.82, 2.24) is 9.80 Å². The lowest BCUT2D eigenvalue weighted by Gasteiger charge is -2.23. The van der Waals surface area contributed by atoms with Gasteiger partial charge in [0.15, 0.2) is 5.78 Å². The number of nitrogens with zero attached hydrogens (tertiary/aromatic N) is 2. The smallest absolute Gasteiger partial charge is 0.167 e. The Kier molecular flexibility index (Phi) is 7.41. The highest BCUT2D eigenvalue weighted by atomic mass is 19.1. The fourth-order valence-electron chi connectivity index (χ4n) is 2.07. The Labute approximate surface area is 121 Å². The van der Waals surface area contributed by atoms with E-state index in [2.05, 4.69) is 16.7 Å². The van der Waals surface area contributed by atoms with Crippen LogP contribution in [0.5, 0.6) is 0 Å². The average molecular weight is 280 g/mol. The van der Waals surface area contributed by atoms with E-state index >= 15 is 0 Å². The summed E-state index contributed by atoms with van der Waals surface area (Å²) in [5.41, 5.74) is 0.205. The molecule has 0 aliphatic heterocycles. The first-order valence-corrected chi connectivity index (χ1v) is 7.19. The van der Waals surface area contributed by atoms with Crippen LogP contribution in [0.1, 0.15) is 30.1 Å². The molecule has 0 unspecified atom stereocenters. The summed E-state index contributed by atoms with van der Waals surface area (Å²) in [4.78, 5) is 16.4. The third-order valence-corrected chi connectivity index (χ3v) is 3.23. The van der Waals surface area contributed by atoms with Gasteiger partial charge in [0, 0.05) is 26.1 Å². The molecule has 0 aromatic heterocycles. The lowest BCUT2D eigenvalue weighted by molar-refractivity contribution is 0.0958. The van der Waals surface area contributed by atoms with Gasteiger partial charge in [0.1, 0.15) is 5.82 Å². The first-order valence-electron chi connectivity index (χ1n) is 7.19. The van der Waals surface area contributed by atoms with Crippen LogP contribution < -0.4 is 0 Å². The molecule has 1 rings (SSSR count). The summed E-state index contributed by atoms with van der Waals surface area (Å²) in [6, 6.07) is 6.20. The van der Waals surface area contributed by atoms with Gasteiger partial charge in [0.2, 0.25) is 0 Å². The maximum Gasteiger partial charge on any atom is 0.167 e. The molecule has 0 heterocycles. The van der Waals surface area contributed by atoms with Crippen LogP contribution >= 0.6 is 0 Å². The molecule has 0 bridgehead atoms. The largest absolute Gasteiger partial charge is 0.308 e. The molecule has 0 saturated heterocycles. The molecule has 0 amide bonds.